The lowest BCUT2D eigenvalue weighted by Crippen LogP contribution is -2.56. The second-order valence-corrected chi connectivity index (χ2v) is 6.69. The van der Waals surface area contributed by atoms with E-state index in [0.29, 0.717) is 13.2 Å². The van der Waals surface area contributed by atoms with E-state index in [9.17, 15) is 4.79 Å². The monoisotopic (exact) mass is 331 g/mol. The standard InChI is InChI=1S/C18H25N3O3/c22-17(20-8-6-18(7-9-20)23-14-15-24-18)21-12-10-19(11-13-21)16-4-2-1-3-5-16/h1-5H,6-15H2. The minimum Gasteiger partial charge on any atom is -0.368 e. The van der Waals surface area contributed by atoms with Crippen LogP contribution in [-0.4, -0.2) is 74.1 Å². The van der Waals surface area contributed by atoms with Crippen molar-refractivity contribution < 1.29 is 14.3 Å². The van der Waals surface area contributed by atoms with Gasteiger partial charge in [-0.3, -0.25) is 0 Å². The van der Waals surface area contributed by atoms with Crippen LogP contribution in [0.1, 0.15) is 12.8 Å². The molecule has 0 radical (unpaired) electrons. The van der Waals surface area contributed by atoms with Crippen LogP contribution in [0.4, 0.5) is 10.5 Å². The predicted molar refractivity (Wildman–Crippen MR) is 91.1 cm³/mol. The summed E-state index contributed by atoms with van der Waals surface area (Å²) in [4.78, 5) is 19.0. The van der Waals surface area contributed by atoms with Gasteiger partial charge in [-0.15, -0.1) is 0 Å². The molecule has 6 heteroatoms. The molecule has 1 spiro atoms. The van der Waals surface area contributed by atoms with E-state index in [0.717, 1.165) is 52.1 Å². The average molecular weight is 331 g/mol. The van der Waals surface area contributed by atoms with Gasteiger partial charge in [-0.25, -0.2) is 4.79 Å². The summed E-state index contributed by atoms with van der Waals surface area (Å²) in [6, 6.07) is 10.6. The molecule has 0 saturated carbocycles. The van der Waals surface area contributed by atoms with Crippen LogP contribution >= 0.6 is 0 Å². The molecule has 0 atom stereocenters. The number of amides is 2. The number of piperidine rings is 1. The van der Waals surface area contributed by atoms with Crippen LogP contribution in [-0.2, 0) is 9.47 Å². The smallest absolute Gasteiger partial charge is 0.320 e. The van der Waals surface area contributed by atoms with Crippen LogP contribution in [0.2, 0.25) is 0 Å². The Morgan fingerprint density at radius 1 is 0.833 bits per heavy atom. The Morgan fingerprint density at radius 2 is 1.42 bits per heavy atom. The minimum absolute atomic E-state index is 0.163. The zero-order valence-corrected chi connectivity index (χ0v) is 14.0. The Balaban J connectivity index is 1.29. The molecular formula is C18H25N3O3. The quantitative estimate of drug-likeness (QED) is 0.787. The first-order chi connectivity index (χ1) is 11.8. The van der Waals surface area contributed by atoms with Crippen molar-refractivity contribution in [3.63, 3.8) is 0 Å². The van der Waals surface area contributed by atoms with E-state index >= 15 is 0 Å². The number of carbonyl (C=O) groups is 1. The maximum absolute atomic E-state index is 12.8. The van der Waals surface area contributed by atoms with Gasteiger partial charge >= 0.3 is 6.03 Å². The van der Waals surface area contributed by atoms with Gasteiger partial charge in [-0.05, 0) is 12.1 Å². The molecule has 2 amide bonds. The molecule has 0 N–H and O–H groups in total. The molecule has 0 aromatic heterocycles. The Bertz CT molecular complexity index is 556. The fraction of sp³-hybridized carbons (Fsp3) is 0.611. The summed E-state index contributed by atoms with van der Waals surface area (Å²) in [7, 11) is 0. The van der Waals surface area contributed by atoms with Crippen LogP contribution in [0.15, 0.2) is 30.3 Å². The van der Waals surface area contributed by atoms with Crippen molar-refractivity contribution in [1.82, 2.24) is 9.80 Å². The van der Waals surface area contributed by atoms with Crippen LogP contribution < -0.4 is 4.90 Å². The highest BCUT2D eigenvalue weighted by atomic mass is 16.7. The van der Waals surface area contributed by atoms with Crippen molar-refractivity contribution in [2.24, 2.45) is 0 Å². The molecule has 1 aromatic rings. The average Bonchev–Trinajstić information content (AvgIpc) is 3.11. The maximum Gasteiger partial charge on any atom is 0.320 e. The van der Waals surface area contributed by atoms with Gasteiger partial charge in [0.05, 0.1) is 13.2 Å². The summed E-state index contributed by atoms with van der Waals surface area (Å²) in [6.07, 6.45) is 1.56. The number of likely N-dealkylation sites (tertiary alicyclic amines) is 1. The molecule has 3 aliphatic rings. The lowest BCUT2D eigenvalue weighted by Gasteiger charge is -2.42. The molecular weight excluding hydrogens is 306 g/mol. The summed E-state index contributed by atoms with van der Waals surface area (Å²) < 4.78 is 11.5. The van der Waals surface area contributed by atoms with E-state index in [1.165, 1.54) is 5.69 Å². The summed E-state index contributed by atoms with van der Waals surface area (Å²) in [5.41, 5.74) is 1.24. The number of para-hydroxylation sites is 1. The second-order valence-electron chi connectivity index (χ2n) is 6.69. The first-order valence-corrected chi connectivity index (χ1v) is 8.88. The zero-order chi connectivity index (χ0) is 16.4. The second kappa shape index (κ2) is 6.61. The number of nitrogens with zero attached hydrogens (tertiary/aromatic N) is 3. The highest BCUT2D eigenvalue weighted by molar-refractivity contribution is 5.75. The number of urea groups is 1. The molecule has 1 aromatic carbocycles. The fourth-order valence-corrected chi connectivity index (χ4v) is 3.82. The minimum atomic E-state index is -0.414. The van der Waals surface area contributed by atoms with Gasteiger partial charge in [0.1, 0.15) is 0 Å². The number of hydrogen-bond donors (Lipinski definition) is 0. The third-order valence-corrected chi connectivity index (χ3v) is 5.28. The number of hydrogen-bond acceptors (Lipinski definition) is 4. The van der Waals surface area contributed by atoms with Crippen molar-refractivity contribution in [3.05, 3.63) is 30.3 Å². The number of carbonyl (C=O) groups excluding carboxylic acids is 1. The van der Waals surface area contributed by atoms with Gasteiger partial charge in [0.15, 0.2) is 5.79 Å². The van der Waals surface area contributed by atoms with Gasteiger partial charge in [0.25, 0.3) is 0 Å². The van der Waals surface area contributed by atoms with Gasteiger partial charge in [-0.2, -0.15) is 0 Å². The SMILES string of the molecule is O=C(N1CCN(c2ccccc2)CC1)N1CCC2(CC1)OCCO2. The van der Waals surface area contributed by atoms with Crippen molar-refractivity contribution in [2.75, 3.05) is 57.4 Å². The lowest BCUT2D eigenvalue weighted by molar-refractivity contribution is -0.181. The third-order valence-electron chi connectivity index (χ3n) is 5.28. The summed E-state index contributed by atoms with van der Waals surface area (Å²) in [6.45, 7) is 6.13. The molecule has 3 fully saturated rings. The van der Waals surface area contributed by atoms with Crippen molar-refractivity contribution in [1.29, 1.82) is 0 Å². The molecule has 24 heavy (non-hydrogen) atoms. The van der Waals surface area contributed by atoms with Crippen molar-refractivity contribution >= 4 is 11.7 Å². The number of benzene rings is 1. The lowest BCUT2D eigenvalue weighted by atomic mass is 10.0. The van der Waals surface area contributed by atoms with Crippen molar-refractivity contribution in [2.45, 2.75) is 18.6 Å². The van der Waals surface area contributed by atoms with Gasteiger partial charge in [0.2, 0.25) is 0 Å². The third kappa shape index (κ3) is 3.08. The highest BCUT2D eigenvalue weighted by Gasteiger charge is 2.41. The summed E-state index contributed by atoms with van der Waals surface area (Å²) in [5, 5.41) is 0. The molecule has 3 heterocycles. The molecule has 0 bridgehead atoms. The first-order valence-electron chi connectivity index (χ1n) is 8.88. The zero-order valence-electron chi connectivity index (χ0n) is 14.0. The van der Waals surface area contributed by atoms with Crippen LogP contribution in [0.25, 0.3) is 0 Å². The van der Waals surface area contributed by atoms with E-state index < -0.39 is 5.79 Å². The Labute approximate surface area is 142 Å². The molecule has 3 saturated heterocycles. The van der Waals surface area contributed by atoms with E-state index in [-0.39, 0.29) is 6.03 Å². The van der Waals surface area contributed by atoms with Gasteiger partial charge in [0, 0.05) is 57.8 Å². The molecule has 4 rings (SSSR count). The van der Waals surface area contributed by atoms with Crippen molar-refractivity contribution in [3.8, 4) is 0 Å². The van der Waals surface area contributed by atoms with Gasteiger partial charge in [-0.1, -0.05) is 18.2 Å². The highest BCUT2D eigenvalue weighted by Crippen LogP contribution is 2.31. The van der Waals surface area contributed by atoms with E-state index in [1.807, 2.05) is 15.9 Å². The Morgan fingerprint density at radius 3 is 2.04 bits per heavy atom. The van der Waals surface area contributed by atoms with E-state index in [2.05, 4.69) is 29.2 Å². The summed E-state index contributed by atoms with van der Waals surface area (Å²) >= 11 is 0. The molecule has 0 aliphatic carbocycles. The Kier molecular flexibility index (Phi) is 4.33. The Hall–Kier alpha value is -1.79. The van der Waals surface area contributed by atoms with Crippen LogP contribution in [0.5, 0.6) is 0 Å². The normalized spacial score (nSPS) is 23.8. The fourth-order valence-electron chi connectivity index (χ4n) is 3.82. The number of anilines is 1. The largest absolute Gasteiger partial charge is 0.368 e. The molecule has 0 unspecified atom stereocenters. The predicted octanol–water partition coefficient (Wildman–Crippen LogP) is 1.77. The van der Waals surface area contributed by atoms with E-state index in [1.54, 1.807) is 0 Å². The number of piperazine rings is 1. The number of rotatable bonds is 1. The number of ether oxygens (including phenoxy) is 2. The summed E-state index contributed by atoms with van der Waals surface area (Å²) in [5.74, 6) is -0.414. The maximum atomic E-state index is 12.8. The topological polar surface area (TPSA) is 45.3 Å². The van der Waals surface area contributed by atoms with Crippen LogP contribution in [0, 0.1) is 0 Å². The van der Waals surface area contributed by atoms with Gasteiger partial charge < -0.3 is 24.2 Å². The molecule has 130 valence electrons. The first kappa shape index (κ1) is 15.7. The van der Waals surface area contributed by atoms with E-state index in [4.69, 9.17) is 9.47 Å². The molecule has 6 nitrogen and oxygen atoms in total. The molecule has 3 aliphatic heterocycles. The van der Waals surface area contributed by atoms with Crippen LogP contribution in [0.3, 0.4) is 0 Å².